The summed E-state index contributed by atoms with van der Waals surface area (Å²) in [5.74, 6) is 0. The van der Waals surface area contributed by atoms with Crippen molar-refractivity contribution < 1.29 is 0 Å². The Bertz CT molecular complexity index is 577. The number of benzene rings is 2. The molecule has 1 unspecified atom stereocenters. The predicted molar refractivity (Wildman–Crippen MR) is 78.4 cm³/mol. The zero-order valence-corrected chi connectivity index (χ0v) is 11.9. The molecule has 2 aromatic rings. The highest BCUT2D eigenvalue weighted by Crippen LogP contribution is 2.33. The molecule has 2 rings (SSSR count). The van der Waals surface area contributed by atoms with Crippen LogP contribution >= 0.6 is 23.2 Å². The minimum absolute atomic E-state index is 0.254. The fraction of sp³-hybridized carbons (Fsp3) is 0.200. The molecular formula is C15H15Cl2N. The Labute approximate surface area is 118 Å². The van der Waals surface area contributed by atoms with E-state index in [0.717, 1.165) is 16.7 Å². The monoisotopic (exact) mass is 279 g/mol. The summed E-state index contributed by atoms with van der Waals surface area (Å²) in [4.78, 5) is 0. The van der Waals surface area contributed by atoms with Crippen LogP contribution in [0.4, 0.5) is 0 Å². The summed E-state index contributed by atoms with van der Waals surface area (Å²) in [5.41, 5.74) is 10.6. The van der Waals surface area contributed by atoms with Crippen LogP contribution in [0.1, 0.15) is 28.3 Å². The fourth-order valence-electron chi connectivity index (χ4n) is 2.02. The summed E-state index contributed by atoms with van der Waals surface area (Å²) in [6.45, 7) is 4.10. The van der Waals surface area contributed by atoms with E-state index in [0.29, 0.717) is 10.0 Å². The van der Waals surface area contributed by atoms with E-state index in [1.54, 1.807) is 6.07 Å². The lowest BCUT2D eigenvalue weighted by atomic mass is 9.94. The van der Waals surface area contributed by atoms with E-state index in [2.05, 4.69) is 25.1 Å². The molecule has 18 heavy (non-hydrogen) atoms. The van der Waals surface area contributed by atoms with Crippen LogP contribution in [0, 0.1) is 13.8 Å². The SMILES string of the molecule is Cc1ccc(C)c(C(N)c2cccc(Cl)c2Cl)c1. The van der Waals surface area contributed by atoms with Gasteiger partial charge in [0.1, 0.15) is 0 Å². The first-order valence-corrected chi connectivity index (χ1v) is 6.53. The lowest BCUT2D eigenvalue weighted by Gasteiger charge is -2.17. The smallest absolute Gasteiger partial charge is 0.0643 e. The summed E-state index contributed by atoms with van der Waals surface area (Å²) in [6.07, 6.45) is 0. The van der Waals surface area contributed by atoms with Gasteiger partial charge in [-0.3, -0.25) is 0 Å². The van der Waals surface area contributed by atoms with Crippen LogP contribution < -0.4 is 5.73 Å². The molecule has 2 aromatic carbocycles. The Morgan fingerprint density at radius 3 is 2.44 bits per heavy atom. The van der Waals surface area contributed by atoms with Crippen molar-refractivity contribution in [3.05, 3.63) is 68.7 Å². The third-order valence-corrected chi connectivity index (χ3v) is 3.92. The molecule has 0 aromatic heterocycles. The second kappa shape index (κ2) is 5.31. The van der Waals surface area contributed by atoms with Gasteiger partial charge in [0, 0.05) is 0 Å². The second-order valence-electron chi connectivity index (χ2n) is 4.48. The van der Waals surface area contributed by atoms with Crippen LogP contribution in [-0.4, -0.2) is 0 Å². The van der Waals surface area contributed by atoms with Crippen molar-refractivity contribution in [2.45, 2.75) is 19.9 Å². The second-order valence-corrected chi connectivity index (χ2v) is 5.27. The van der Waals surface area contributed by atoms with Gasteiger partial charge in [0.05, 0.1) is 16.1 Å². The molecule has 0 aliphatic carbocycles. The number of aryl methyl sites for hydroxylation is 2. The van der Waals surface area contributed by atoms with E-state index in [-0.39, 0.29) is 6.04 Å². The lowest BCUT2D eigenvalue weighted by Crippen LogP contribution is -2.14. The standard InChI is InChI=1S/C15H15Cl2N/c1-9-6-7-10(2)12(8-9)15(18)11-4-3-5-13(16)14(11)17/h3-8,15H,18H2,1-2H3. The molecule has 0 aliphatic rings. The topological polar surface area (TPSA) is 26.0 Å². The van der Waals surface area contributed by atoms with Crippen molar-refractivity contribution in [2.24, 2.45) is 5.73 Å². The minimum Gasteiger partial charge on any atom is -0.320 e. The molecule has 0 amide bonds. The van der Waals surface area contributed by atoms with Crippen molar-refractivity contribution in [3.63, 3.8) is 0 Å². The molecule has 2 N–H and O–H groups in total. The highest BCUT2D eigenvalue weighted by atomic mass is 35.5. The van der Waals surface area contributed by atoms with Crippen LogP contribution in [0.3, 0.4) is 0 Å². The number of rotatable bonds is 2. The van der Waals surface area contributed by atoms with Crippen molar-refractivity contribution in [1.29, 1.82) is 0 Å². The lowest BCUT2D eigenvalue weighted by molar-refractivity contribution is 0.860. The first kappa shape index (κ1) is 13.4. The fourth-order valence-corrected chi connectivity index (χ4v) is 2.45. The van der Waals surface area contributed by atoms with Gasteiger partial charge in [-0.1, -0.05) is 59.1 Å². The molecule has 1 atom stereocenters. The highest BCUT2D eigenvalue weighted by Gasteiger charge is 2.16. The zero-order chi connectivity index (χ0) is 13.3. The van der Waals surface area contributed by atoms with Gasteiger partial charge in [-0.25, -0.2) is 0 Å². The molecule has 0 heterocycles. The number of nitrogens with two attached hydrogens (primary N) is 1. The van der Waals surface area contributed by atoms with Crippen LogP contribution in [0.25, 0.3) is 0 Å². The van der Waals surface area contributed by atoms with Gasteiger partial charge in [0.25, 0.3) is 0 Å². The molecule has 0 spiro atoms. The molecule has 0 fully saturated rings. The zero-order valence-electron chi connectivity index (χ0n) is 10.4. The number of hydrogen-bond donors (Lipinski definition) is 1. The first-order valence-electron chi connectivity index (χ1n) is 5.77. The number of hydrogen-bond acceptors (Lipinski definition) is 1. The Morgan fingerprint density at radius 2 is 1.72 bits per heavy atom. The van der Waals surface area contributed by atoms with Crippen molar-refractivity contribution in [2.75, 3.05) is 0 Å². The summed E-state index contributed by atoms with van der Waals surface area (Å²) >= 11 is 12.2. The van der Waals surface area contributed by atoms with E-state index in [4.69, 9.17) is 28.9 Å². The first-order chi connectivity index (χ1) is 8.50. The molecule has 0 saturated heterocycles. The van der Waals surface area contributed by atoms with Gasteiger partial charge in [-0.2, -0.15) is 0 Å². The third-order valence-electron chi connectivity index (χ3n) is 3.09. The summed E-state index contributed by atoms with van der Waals surface area (Å²) in [6, 6.07) is 11.5. The van der Waals surface area contributed by atoms with Crippen LogP contribution in [0.15, 0.2) is 36.4 Å². The molecule has 0 bridgehead atoms. The van der Waals surface area contributed by atoms with Crippen molar-refractivity contribution >= 4 is 23.2 Å². The minimum atomic E-state index is -0.254. The maximum absolute atomic E-state index is 6.31. The third kappa shape index (κ3) is 2.54. The Morgan fingerprint density at radius 1 is 1.00 bits per heavy atom. The molecule has 0 radical (unpaired) electrons. The Balaban J connectivity index is 2.51. The van der Waals surface area contributed by atoms with Gasteiger partial charge in [0.15, 0.2) is 0 Å². The Hall–Kier alpha value is -1.02. The summed E-state index contributed by atoms with van der Waals surface area (Å²) < 4.78 is 0. The van der Waals surface area contributed by atoms with Crippen molar-refractivity contribution in [3.8, 4) is 0 Å². The predicted octanol–water partition coefficient (Wildman–Crippen LogP) is 4.66. The van der Waals surface area contributed by atoms with Gasteiger partial charge >= 0.3 is 0 Å². The van der Waals surface area contributed by atoms with Gasteiger partial charge in [-0.15, -0.1) is 0 Å². The van der Waals surface area contributed by atoms with E-state index in [1.807, 2.05) is 19.1 Å². The van der Waals surface area contributed by atoms with Gasteiger partial charge in [0.2, 0.25) is 0 Å². The normalized spacial score (nSPS) is 12.5. The van der Waals surface area contributed by atoms with E-state index in [9.17, 15) is 0 Å². The molecular weight excluding hydrogens is 265 g/mol. The van der Waals surface area contributed by atoms with E-state index in [1.165, 1.54) is 5.56 Å². The van der Waals surface area contributed by atoms with Gasteiger partial charge < -0.3 is 5.73 Å². The molecule has 94 valence electrons. The van der Waals surface area contributed by atoms with Crippen LogP contribution in [0.2, 0.25) is 10.0 Å². The highest BCUT2D eigenvalue weighted by molar-refractivity contribution is 6.42. The number of halogens is 2. The van der Waals surface area contributed by atoms with Gasteiger partial charge in [-0.05, 0) is 36.6 Å². The maximum Gasteiger partial charge on any atom is 0.0643 e. The Kier molecular flexibility index (Phi) is 3.96. The van der Waals surface area contributed by atoms with E-state index < -0.39 is 0 Å². The van der Waals surface area contributed by atoms with E-state index >= 15 is 0 Å². The maximum atomic E-state index is 6.31. The molecule has 1 nitrogen and oxygen atoms in total. The summed E-state index contributed by atoms with van der Waals surface area (Å²) in [7, 11) is 0. The van der Waals surface area contributed by atoms with Crippen molar-refractivity contribution in [1.82, 2.24) is 0 Å². The van der Waals surface area contributed by atoms with Crippen LogP contribution in [0.5, 0.6) is 0 Å². The average Bonchev–Trinajstić information content (AvgIpc) is 2.35. The quantitative estimate of drug-likeness (QED) is 0.850. The largest absolute Gasteiger partial charge is 0.320 e. The average molecular weight is 280 g/mol. The van der Waals surface area contributed by atoms with Crippen LogP contribution in [-0.2, 0) is 0 Å². The molecule has 3 heteroatoms. The molecule has 0 aliphatic heterocycles. The molecule has 0 saturated carbocycles. The summed E-state index contributed by atoms with van der Waals surface area (Å²) in [5, 5.41) is 1.07.